The summed E-state index contributed by atoms with van der Waals surface area (Å²) in [4.78, 5) is 4.72. The molecule has 0 unspecified atom stereocenters. The first kappa shape index (κ1) is 16.4. The maximum Gasteiger partial charge on any atom is 0.126 e. The first-order valence-corrected chi connectivity index (χ1v) is 9.42. The molecule has 1 saturated carbocycles. The zero-order chi connectivity index (χ0) is 17.3. The molecule has 1 heterocycles. The normalized spacial score (nSPS) is 15.8. The number of ether oxygens (including phenoxy) is 1. The zero-order valence-corrected chi connectivity index (χ0v) is 15.0. The van der Waals surface area contributed by atoms with Gasteiger partial charge in [0.25, 0.3) is 0 Å². The van der Waals surface area contributed by atoms with Crippen LogP contribution in [0.25, 0.3) is 11.3 Å². The van der Waals surface area contributed by atoms with Crippen molar-refractivity contribution in [3.05, 3.63) is 75.9 Å². The van der Waals surface area contributed by atoms with Crippen molar-refractivity contribution >= 4 is 11.3 Å². The van der Waals surface area contributed by atoms with Crippen LogP contribution in [-0.4, -0.2) is 12.1 Å². The Morgan fingerprint density at radius 1 is 1.16 bits per heavy atom. The lowest BCUT2D eigenvalue weighted by Crippen LogP contribution is -2.35. The number of aromatic nitrogens is 1. The van der Waals surface area contributed by atoms with Gasteiger partial charge in [-0.05, 0) is 42.5 Å². The smallest absolute Gasteiger partial charge is 0.126 e. The Kier molecular flexibility index (Phi) is 4.40. The van der Waals surface area contributed by atoms with Gasteiger partial charge in [-0.15, -0.1) is 11.3 Å². The Balaban J connectivity index is 1.59. The van der Waals surface area contributed by atoms with Crippen molar-refractivity contribution < 1.29 is 9.13 Å². The molecule has 1 aliphatic rings. The summed E-state index contributed by atoms with van der Waals surface area (Å²) < 4.78 is 19.6. The quantitative estimate of drug-likeness (QED) is 0.598. The molecule has 0 radical (unpaired) electrons. The van der Waals surface area contributed by atoms with Gasteiger partial charge in [0.2, 0.25) is 0 Å². The second-order valence-corrected chi connectivity index (χ2v) is 7.47. The van der Waals surface area contributed by atoms with Gasteiger partial charge in [0.05, 0.1) is 16.3 Å². The molecule has 2 nitrogen and oxygen atoms in total. The highest BCUT2D eigenvalue weighted by Crippen LogP contribution is 2.45. The Hall–Kier alpha value is -2.04. The molecule has 0 N–H and O–H groups in total. The number of hydrogen-bond donors (Lipinski definition) is 0. The average molecular weight is 353 g/mol. The Labute approximate surface area is 151 Å². The van der Waals surface area contributed by atoms with Gasteiger partial charge in [-0.1, -0.05) is 36.4 Å². The lowest BCUT2D eigenvalue weighted by Gasteiger charge is -2.41. The van der Waals surface area contributed by atoms with Gasteiger partial charge in [0, 0.05) is 24.5 Å². The van der Waals surface area contributed by atoms with Crippen LogP contribution in [0.4, 0.5) is 4.39 Å². The highest BCUT2D eigenvalue weighted by molar-refractivity contribution is 7.10. The summed E-state index contributed by atoms with van der Waals surface area (Å²) in [6.07, 6.45) is 3.88. The summed E-state index contributed by atoms with van der Waals surface area (Å²) in [6, 6.07) is 15.4. The molecule has 1 aliphatic carbocycles. The topological polar surface area (TPSA) is 22.1 Å². The minimum atomic E-state index is -0.173. The fourth-order valence-electron chi connectivity index (χ4n) is 3.40. The minimum absolute atomic E-state index is 0.123. The molecule has 1 fully saturated rings. The summed E-state index contributed by atoms with van der Waals surface area (Å²) in [7, 11) is 1.79. The summed E-state index contributed by atoms with van der Waals surface area (Å²) in [5, 5.41) is 2.98. The Morgan fingerprint density at radius 2 is 2.00 bits per heavy atom. The van der Waals surface area contributed by atoms with E-state index in [9.17, 15) is 4.39 Å². The summed E-state index contributed by atoms with van der Waals surface area (Å²) in [5.41, 5.74) is 3.83. The average Bonchev–Trinajstić information content (AvgIpc) is 3.06. The zero-order valence-electron chi connectivity index (χ0n) is 14.2. The van der Waals surface area contributed by atoms with E-state index in [2.05, 4.69) is 29.6 Å². The fraction of sp³-hybridized carbons (Fsp3) is 0.286. The molecular weight excluding hydrogens is 333 g/mol. The third-order valence-electron chi connectivity index (χ3n) is 5.09. The first-order chi connectivity index (χ1) is 12.2. The van der Waals surface area contributed by atoms with Gasteiger partial charge in [0.15, 0.2) is 0 Å². The molecule has 0 atom stereocenters. The van der Waals surface area contributed by atoms with Crippen LogP contribution in [-0.2, 0) is 16.8 Å². The van der Waals surface area contributed by atoms with Crippen molar-refractivity contribution in [1.29, 1.82) is 0 Å². The van der Waals surface area contributed by atoms with Gasteiger partial charge in [-0.3, -0.25) is 0 Å². The van der Waals surface area contributed by atoms with Crippen LogP contribution in [0, 0.1) is 5.82 Å². The molecule has 0 amide bonds. The standard InChI is InChI=1S/C21H20FNOS/c1-24-21(10-5-11-21)17-8-4-7-16(12-17)19-14-25-20(23-19)13-15-6-2-3-9-18(15)22/h2-4,6-9,12,14H,5,10-11,13H2,1H3. The second kappa shape index (κ2) is 6.70. The number of rotatable bonds is 5. The highest BCUT2D eigenvalue weighted by atomic mass is 32.1. The predicted octanol–water partition coefficient (Wildman–Crippen LogP) is 5.57. The monoisotopic (exact) mass is 353 g/mol. The van der Waals surface area contributed by atoms with Crippen LogP contribution in [0.15, 0.2) is 53.9 Å². The highest BCUT2D eigenvalue weighted by Gasteiger charge is 2.38. The van der Waals surface area contributed by atoms with E-state index in [4.69, 9.17) is 9.72 Å². The first-order valence-electron chi connectivity index (χ1n) is 8.54. The number of nitrogens with zero attached hydrogens (tertiary/aromatic N) is 1. The number of thiazole rings is 1. The molecule has 0 spiro atoms. The van der Waals surface area contributed by atoms with Crippen molar-refractivity contribution in [3.63, 3.8) is 0 Å². The van der Waals surface area contributed by atoms with Gasteiger partial charge in [-0.25, -0.2) is 9.37 Å². The van der Waals surface area contributed by atoms with E-state index in [1.807, 2.05) is 12.1 Å². The molecule has 3 aromatic rings. The number of methoxy groups -OCH3 is 1. The van der Waals surface area contributed by atoms with Gasteiger partial charge < -0.3 is 4.74 Å². The van der Waals surface area contributed by atoms with E-state index in [0.29, 0.717) is 12.0 Å². The number of halogens is 1. The van der Waals surface area contributed by atoms with Crippen molar-refractivity contribution in [2.24, 2.45) is 0 Å². The van der Waals surface area contributed by atoms with Crippen LogP contribution in [0.3, 0.4) is 0 Å². The predicted molar refractivity (Wildman–Crippen MR) is 99.3 cm³/mol. The number of hydrogen-bond acceptors (Lipinski definition) is 3. The maximum absolute atomic E-state index is 13.8. The van der Waals surface area contributed by atoms with Crippen LogP contribution < -0.4 is 0 Å². The molecule has 0 bridgehead atoms. The maximum atomic E-state index is 13.8. The molecule has 4 heteroatoms. The van der Waals surface area contributed by atoms with Gasteiger partial charge in [0.1, 0.15) is 5.82 Å². The van der Waals surface area contributed by atoms with E-state index in [0.717, 1.165) is 29.1 Å². The molecule has 0 aliphatic heterocycles. The molecule has 2 aromatic carbocycles. The van der Waals surface area contributed by atoms with Crippen molar-refractivity contribution in [2.75, 3.05) is 7.11 Å². The molecule has 128 valence electrons. The van der Waals surface area contributed by atoms with E-state index >= 15 is 0 Å². The van der Waals surface area contributed by atoms with Crippen LogP contribution >= 0.6 is 11.3 Å². The Morgan fingerprint density at radius 3 is 2.72 bits per heavy atom. The number of benzene rings is 2. The second-order valence-electron chi connectivity index (χ2n) is 6.53. The summed E-state index contributed by atoms with van der Waals surface area (Å²) >= 11 is 1.58. The fourth-order valence-corrected chi connectivity index (χ4v) is 4.23. The minimum Gasteiger partial charge on any atom is -0.374 e. The lowest BCUT2D eigenvalue weighted by molar-refractivity contribution is -0.0778. The third kappa shape index (κ3) is 3.12. The van der Waals surface area contributed by atoms with E-state index in [1.54, 1.807) is 24.5 Å². The van der Waals surface area contributed by atoms with Crippen LogP contribution in [0.1, 0.15) is 35.4 Å². The third-order valence-corrected chi connectivity index (χ3v) is 5.94. The Bertz CT molecular complexity index is 879. The van der Waals surface area contributed by atoms with Crippen LogP contribution in [0.2, 0.25) is 0 Å². The van der Waals surface area contributed by atoms with E-state index in [1.165, 1.54) is 18.1 Å². The van der Waals surface area contributed by atoms with Crippen molar-refractivity contribution in [3.8, 4) is 11.3 Å². The molecule has 1 aromatic heterocycles. The van der Waals surface area contributed by atoms with E-state index < -0.39 is 0 Å². The van der Waals surface area contributed by atoms with Crippen molar-refractivity contribution in [2.45, 2.75) is 31.3 Å². The van der Waals surface area contributed by atoms with E-state index in [-0.39, 0.29) is 11.4 Å². The van der Waals surface area contributed by atoms with Gasteiger partial charge in [-0.2, -0.15) is 0 Å². The van der Waals surface area contributed by atoms with Gasteiger partial charge >= 0.3 is 0 Å². The molecule has 0 saturated heterocycles. The SMILES string of the molecule is COC1(c2cccc(-c3csc(Cc4ccccc4F)n3)c2)CCC1. The van der Waals surface area contributed by atoms with Crippen LogP contribution in [0.5, 0.6) is 0 Å². The van der Waals surface area contributed by atoms with Crippen molar-refractivity contribution in [1.82, 2.24) is 4.98 Å². The largest absolute Gasteiger partial charge is 0.374 e. The molecular formula is C21H20FNOS. The summed E-state index contributed by atoms with van der Waals surface area (Å²) in [5.74, 6) is -0.173. The molecule has 25 heavy (non-hydrogen) atoms. The molecule has 4 rings (SSSR count). The summed E-state index contributed by atoms with van der Waals surface area (Å²) in [6.45, 7) is 0. The lowest BCUT2D eigenvalue weighted by atomic mass is 9.74.